The first-order valence-corrected chi connectivity index (χ1v) is 59.0. The first-order chi connectivity index (χ1) is 72.6. The molecular weight excluding hydrogens is 1840 g/mol. The largest absolute Gasteiger partial charge is 0.290 e. The zero-order valence-electron chi connectivity index (χ0n) is 97.5. The Kier molecular flexibility index (Phi) is 81.0. The molecule has 10 rings (SSSR count). The number of benzene rings is 1. The van der Waals surface area contributed by atoms with Gasteiger partial charge in [-0.2, -0.15) is 0 Å². The van der Waals surface area contributed by atoms with Gasteiger partial charge in [-0.1, -0.05) is 499 Å². The van der Waals surface area contributed by atoms with Crippen LogP contribution in [0.4, 0.5) is 0 Å². The lowest BCUT2D eigenvalue weighted by molar-refractivity contribution is 0.544. The highest BCUT2D eigenvalue weighted by atomic mass is 16.1. The molecule has 0 saturated heterocycles. The van der Waals surface area contributed by atoms with E-state index >= 15 is 0 Å². The molecule has 0 aliphatic heterocycles. The van der Waals surface area contributed by atoms with Crippen LogP contribution in [0, 0.1) is 69.2 Å². The molecule has 0 aliphatic rings. The summed E-state index contributed by atoms with van der Waals surface area (Å²) < 4.78 is 0. The molecule has 0 amide bonds. The lowest BCUT2D eigenvalue weighted by Crippen LogP contribution is -1.99. The molecule has 10 aromatic carbocycles. The van der Waals surface area contributed by atoms with Crippen molar-refractivity contribution < 1.29 is 0 Å². The number of rotatable bonds is 55. The van der Waals surface area contributed by atoms with Crippen molar-refractivity contribution in [2.75, 3.05) is 0 Å². The zero-order chi connectivity index (χ0) is 110. The third-order valence-corrected chi connectivity index (χ3v) is 27.6. The lowest BCUT2D eigenvalue weighted by atomic mass is 10.0. The van der Waals surface area contributed by atoms with Gasteiger partial charge in [0.15, 0.2) is 48.9 Å². The van der Waals surface area contributed by atoms with Crippen molar-refractivity contribution in [3.8, 4) is 11.1 Å². The van der Waals surface area contributed by atoms with Gasteiger partial charge in [-0.3, -0.25) is 43.2 Å². The molecule has 0 atom stereocenters. The van der Waals surface area contributed by atoms with Crippen LogP contribution >= 0.6 is 0 Å². The van der Waals surface area contributed by atoms with Gasteiger partial charge in [0.1, 0.15) is 0 Å². The number of aryl methyl sites for hydroxylation is 18. The normalized spacial score (nSPS) is 10.4. The maximum atomic E-state index is 11.8. The predicted octanol–water partition coefficient (Wildman–Crippen LogP) is 36.6. The van der Waals surface area contributed by atoms with E-state index in [1.165, 1.54) is 316 Å². The van der Waals surface area contributed by atoms with E-state index in [2.05, 4.69) is 105 Å². The van der Waals surface area contributed by atoms with Gasteiger partial charge in [0.25, 0.3) is 0 Å². The van der Waals surface area contributed by atoms with Crippen LogP contribution in [0.3, 0.4) is 0 Å². The van der Waals surface area contributed by atoms with E-state index in [0.29, 0.717) is 0 Å². The van der Waals surface area contributed by atoms with Gasteiger partial charge in [-0.15, -0.1) is 0 Å². The molecule has 0 spiro atoms. The van der Waals surface area contributed by atoms with E-state index in [1.807, 2.05) is 220 Å². The molecule has 0 saturated carbocycles. The highest BCUT2D eigenvalue weighted by molar-refractivity contribution is 5.63. The molecule has 0 unspecified atom stereocenters. The second-order valence-corrected chi connectivity index (χ2v) is 41.8. The highest BCUT2D eigenvalue weighted by Gasteiger charge is 2.07. The molecule has 0 radical (unpaired) electrons. The summed E-state index contributed by atoms with van der Waals surface area (Å²) in [7, 11) is 0. The minimum atomic E-state index is 0.0839. The monoisotopic (exact) mass is 2040 g/mol. The van der Waals surface area contributed by atoms with E-state index in [0.717, 1.165) is 142 Å². The van der Waals surface area contributed by atoms with E-state index in [9.17, 15) is 43.2 Å². The van der Waals surface area contributed by atoms with Gasteiger partial charge in [0, 0.05) is 0 Å². The summed E-state index contributed by atoms with van der Waals surface area (Å²) in [6.45, 7) is 36.5. The van der Waals surface area contributed by atoms with Crippen LogP contribution in [0.2, 0.25) is 0 Å². The minimum absolute atomic E-state index is 0.0839. The molecule has 0 aliphatic carbocycles. The van der Waals surface area contributed by atoms with Crippen molar-refractivity contribution in [2.45, 2.75) is 471 Å². The number of unbranched alkanes of at least 4 members (excludes halogenated alkanes) is 38. The Hall–Kier alpha value is -10.8. The topological polar surface area (TPSA) is 154 Å². The van der Waals surface area contributed by atoms with Gasteiger partial charge in [0.05, 0.1) is 0 Å². The number of hydrogen-bond acceptors (Lipinski definition) is 9. The maximum Gasteiger partial charge on any atom is 0.182 e. The van der Waals surface area contributed by atoms with Gasteiger partial charge in [-0.05, 0) is 326 Å². The van der Waals surface area contributed by atoms with Crippen molar-refractivity contribution in [1.29, 1.82) is 0 Å². The Labute approximate surface area is 911 Å². The standard InChI is InChI=1S/C22H36O.C20H32O.C18H28O.C16H24O.C15H14O.C14H20O.C13H18O.C12H16O.C11H14O/c1-3-4-5-6-7-8-9-10-11-12-13-14-17-21-18-15-16-20(2)22(23)19-21;1-3-4-5-6-7-8-9-10-11-12-15-19-16-13-14-18(2)20(21)17-19;1-3-4-5-6-7-8-9-10-13-17-14-11-12-16(2)18(19)15-17;1-3-4-5-6-7-8-11-15-12-9-10-14(2)16(17)13-15;1-11-6-8-13(9-7-11)14-5-3-4-12(2)15(16)10-14;1-3-4-5-6-9-13-10-7-8-12(2)14(15)11-13;1-3-4-5-8-12-9-6-7-11(2)13(14)10-12;1-3-4-7-11-8-5-6-10(2)12(13)9-11;1-3-5-10-7-4-6-9(2)11(12)8-10/h15-16,18-19H,3-14,17H2,1-2H3;13-14,16-17H,3-12,15H2,1-2H3;11-12,14-15H,3-10,13H2,1-2H3;9-10,12-13H,3-8,11H2,1-2H3;3-10H,1-2H3;7-8,10-11H,3-6,9H2,1-2H3;6-7,9-10H,3-5,8H2,1-2H3;5-6,8-9H,3-4,7H2,1-2H3;4,6-8H,3,5H2,1-2H3. The molecule has 10 aromatic rings. The van der Waals surface area contributed by atoms with Crippen LogP contribution in [-0.2, 0) is 51.4 Å². The fourth-order valence-electron chi connectivity index (χ4n) is 17.2. The Morgan fingerprint density at radius 1 is 0.127 bits per heavy atom. The first kappa shape index (κ1) is 135. The average Bonchev–Trinajstić information content (AvgIpc) is 1.58. The molecule has 150 heavy (non-hydrogen) atoms. The van der Waals surface area contributed by atoms with Crippen LogP contribution in [0.15, 0.2) is 286 Å². The summed E-state index contributed by atoms with van der Waals surface area (Å²) >= 11 is 0. The summed E-state index contributed by atoms with van der Waals surface area (Å²) in [5, 5.41) is 0. The van der Waals surface area contributed by atoms with Crippen molar-refractivity contribution in [3.63, 3.8) is 0 Å². The van der Waals surface area contributed by atoms with Gasteiger partial charge < -0.3 is 0 Å². The van der Waals surface area contributed by atoms with Crippen LogP contribution in [0.1, 0.15) is 451 Å². The van der Waals surface area contributed by atoms with Crippen molar-refractivity contribution in [3.05, 3.63) is 435 Å². The molecule has 0 N–H and O–H groups in total. The molecule has 0 fully saturated rings. The fraction of sp³-hybridized carbons (Fsp3) is 0.511. The van der Waals surface area contributed by atoms with E-state index in [4.69, 9.17) is 0 Å². The maximum absolute atomic E-state index is 11.8. The summed E-state index contributed by atoms with van der Waals surface area (Å²) in [6, 6.07) is 77.3. The third-order valence-electron chi connectivity index (χ3n) is 27.6. The predicted molar refractivity (Wildman–Crippen MR) is 655 cm³/mol. The van der Waals surface area contributed by atoms with E-state index < -0.39 is 0 Å². The zero-order valence-corrected chi connectivity index (χ0v) is 97.5. The molecular formula is C141H202O9. The summed E-state index contributed by atoms with van der Waals surface area (Å²) in [6.07, 6.45) is 68.9. The quantitative estimate of drug-likeness (QED) is 0.0339. The van der Waals surface area contributed by atoms with Crippen LogP contribution < -0.4 is 48.9 Å². The van der Waals surface area contributed by atoms with Crippen LogP contribution in [0.5, 0.6) is 0 Å². The van der Waals surface area contributed by atoms with E-state index in [-0.39, 0.29) is 48.9 Å². The minimum Gasteiger partial charge on any atom is -0.290 e. The fourth-order valence-corrected chi connectivity index (χ4v) is 17.2. The Morgan fingerprint density at radius 3 is 0.467 bits per heavy atom. The van der Waals surface area contributed by atoms with Gasteiger partial charge in [-0.25, -0.2) is 0 Å². The molecule has 0 aromatic heterocycles. The molecule has 9 heteroatoms. The average molecular weight is 2040 g/mol. The molecule has 820 valence electrons. The SMILES string of the molecule is CCCCCCCCCCCCCCc1cccc(C)c(=O)c1.CCCCCCCCCCCCc1cccc(C)c(=O)c1.CCCCCCCCCCc1cccc(C)c(=O)c1.CCCCCCCCc1cccc(C)c(=O)c1.CCCCCCc1cccc(C)c(=O)c1.CCCCCc1cccc(C)c(=O)c1.CCCCc1cccc(C)c(=O)c1.CCCc1cccc(C)c(=O)c1.Cc1ccc(-c2cccc(C)c(=O)c2)cc1. The smallest absolute Gasteiger partial charge is 0.182 e. The highest BCUT2D eigenvalue weighted by Crippen LogP contribution is 2.21. The second-order valence-electron chi connectivity index (χ2n) is 41.8. The van der Waals surface area contributed by atoms with Gasteiger partial charge >= 0.3 is 0 Å². The summed E-state index contributed by atoms with van der Waals surface area (Å²) in [5.41, 5.74) is 21.4. The number of hydrogen-bond donors (Lipinski definition) is 0. The Bertz CT molecular complexity index is 5840. The Morgan fingerprint density at radius 2 is 0.273 bits per heavy atom. The van der Waals surface area contributed by atoms with Crippen LogP contribution in [0.25, 0.3) is 11.1 Å². The van der Waals surface area contributed by atoms with Crippen molar-refractivity contribution in [2.24, 2.45) is 0 Å². The first-order valence-electron chi connectivity index (χ1n) is 59.0. The summed E-state index contributed by atoms with van der Waals surface area (Å²) in [5.74, 6) is 0. The Balaban J connectivity index is 0.000000574. The summed E-state index contributed by atoms with van der Waals surface area (Å²) in [4.78, 5) is 104. The molecule has 0 heterocycles. The van der Waals surface area contributed by atoms with Crippen molar-refractivity contribution >= 4 is 0 Å². The van der Waals surface area contributed by atoms with Gasteiger partial charge in [0.2, 0.25) is 0 Å². The second kappa shape index (κ2) is 89.8. The molecule has 0 bridgehead atoms. The van der Waals surface area contributed by atoms with E-state index in [1.54, 1.807) is 42.5 Å². The lowest BCUT2D eigenvalue weighted by Gasteiger charge is -2.03. The third kappa shape index (κ3) is 69.6. The molecule has 9 nitrogen and oxygen atoms in total. The van der Waals surface area contributed by atoms with Crippen molar-refractivity contribution in [1.82, 2.24) is 0 Å². The van der Waals surface area contributed by atoms with Crippen LogP contribution in [-0.4, -0.2) is 0 Å².